The van der Waals surface area contributed by atoms with Crippen molar-refractivity contribution in [2.24, 2.45) is 5.92 Å². The minimum Gasteiger partial charge on any atom is -0.496 e. The van der Waals surface area contributed by atoms with Gasteiger partial charge < -0.3 is 18.8 Å². The SMILES string of the molecule is CCCCC(CC)C[PH](=O)c1ccccc1C(=O)c1c(OC)cc(OC)cc1OC. The molecule has 0 fully saturated rings. The van der Waals surface area contributed by atoms with Crippen LogP contribution in [0.5, 0.6) is 17.2 Å². The van der Waals surface area contributed by atoms with Crippen molar-refractivity contribution in [1.29, 1.82) is 0 Å². The molecule has 2 aromatic rings. The average Bonchev–Trinajstić information content (AvgIpc) is 2.79. The molecular formula is C24H33O5P. The number of hydrogen-bond acceptors (Lipinski definition) is 5. The maximum Gasteiger partial charge on any atom is 0.201 e. The molecule has 30 heavy (non-hydrogen) atoms. The van der Waals surface area contributed by atoms with Crippen LogP contribution in [0.25, 0.3) is 0 Å². The summed E-state index contributed by atoms with van der Waals surface area (Å²) in [5.74, 6) is 1.40. The minimum atomic E-state index is -2.12. The third kappa shape index (κ3) is 5.66. The fourth-order valence-electron chi connectivity index (χ4n) is 3.60. The lowest BCUT2D eigenvalue weighted by Crippen LogP contribution is -2.17. The zero-order chi connectivity index (χ0) is 22.1. The first-order valence-corrected chi connectivity index (χ1v) is 12.1. The smallest absolute Gasteiger partial charge is 0.201 e. The molecule has 0 radical (unpaired) electrons. The summed E-state index contributed by atoms with van der Waals surface area (Å²) >= 11 is 0. The third-order valence-electron chi connectivity index (χ3n) is 5.43. The summed E-state index contributed by atoms with van der Waals surface area (Å²) in [5.41, 5.74) is 0.745. The molecule has 164 valence electrons. The highest BCUT2D eigenvalue weighted by atomic mass is 31.1. The predicted molar refractivity (Wildman–Crippen MR) is 123 cm³/mol. The van der Waals surface area contributed by atoms with Crippen molar-refractivity contribution in [3.63, 3.8) is 0 Å². The first kappa shape index (κ1) is 24.0. The fraction of sp³-hybridized carbons (Fsp3) is 0.458. The number of rotatable bonds is 12. The molecule has 0 amide bonds. The van der Waals surface area contributed by atoms with E-state index in [2.05, 4.69) is 13.8 Å². The molecular weight excluding hydrogens is 399 g/mol. The van der Waals surface area contributed by atoms with Gasteiger partial charge in [-0.1, -0.05) is 63.8 Å². The quantitative estimate of drug-likeness (QED) is 0.334. The Morgan fingerprint density at radius 1 is 1.00 bits per heavy atom. The van der Waals surface area contributed by atoms with E-state index >= 15 is 0 Å². The first-order valence-electron chi connectivity index (χ1n) is 10.5. The molecule has 0 aliphatic carbocycles. The second kappa shape index (κ2) is 11.8. The molecule has 0 aromatic heterocycles. The summed E-state index contributed by atoms with van der Waals surface area (Å²) in [6, 6.07) is 10.5. The van der Waals surface area contributed by atoms with E-state index in [1.165, 1.54) is 14.2 Å². The van der Waals surface area contributed by atoms with Gasteiger partial charge in [-0.05, 0) is 5.92 Å². The van der Waals surface area contributed by atoms with Gasteiger partial charge in [0.25, 0.3) is 0 Å². The average molecular weight is 432 g/mol. The van der Waals surface area contributed by atoms with Gasteiger partial charge in [0.15, 0.2) is 0 Å². The van der Waals surface area contributed by atoms with Gasteiger partial charge in [-0.15, -0.1) is 0 Å². The molecule has 0 saturated carbocycles. The van der Waals surface area contributed by atoms with Crippen LogP contribution in [0.2, 0.25) is 0 Å². The maximum atomic E-state index is 13.5. The Labute approximate surface area is 180 Å². The maximum absolute atomic E-state index is 13.5. The Morgan fingerprint density at radius 2 is 1.63 bits per heavy atom. The molecule has 6 heteroatoms. The summed E-state index contributed by atoms with van der Waals surface area (Å²) in [4.78, 5) is 13.5. The molecule has 2 aromatic carbocycles. The van der Waals surface area contributed by atoms with Crippen molar-refractivity contribution in [2.45, 2.75) is 39.5 Å². The Morgan fingerprint density at radius 3 is 2.17 bits per heavy atom. The summed E-state index contributed by atoms with van der Waals surface area (Å²) in [6.07, 6.45) is 4.95. The van der Waals surface area contributed by atoms with Crippen LogP contribution in [0.3, 0.4) is 0 Å². The molecule has 2 unspecified atom stereocenters. The molecule has 5 nitrogen and oxygen atoms in total. The van der Waals surface area contributed by atoms with Gasteiger partial charge in [0, 0.05) is 29.2 Å². The lowest BCUT2D eigenvalue weighted by Gasteiger charge is -2.17. The molecule has 0 heterocycles. The highest BCUT2D eigenvalue weighted by Gasteiger charge is 2.25. The standard InChI is InChI=1S/C24H33O5P/c1-6-8-11-17(7-2)16-30(26)22-13-10-9-12-19(22)24(25)23-20(28-4)14-18(27-3)15-21(23)29-5/h9-10,12-15,17,30H,6-8,11,16H2,1-5H3. The summed E-state index contributed by atoms with van der Waals surface area (Å²) in [6.45, 7) is 4.30. The van der Waals surface area contributed by atoms with Crippen molar-refractivity contribution in [3.8, 4) is 17.2 Å². The second-order valence-corrected chi connectivity index (χ2v) is 9.12. The lowest BCUT2D eigenvalue weighted by molar-refractivity contribution is 0.103. The Balaban J connectivity index is 2.45. The van der Waals surface area contributed by atoms with E-state index < -0.39 is 7.80 Å². The van der Waals surface area contributed by atoms with E-state index in [0.717, 1.165) is 25.7 Å². The van der Waals surface area contributed by atoms with Crippen LogP contribution < -0.4 is 19.5 Å². The number of carbonyl (C=O) groups excluding carboxylic acids is 1. The number of hydrogen-bond donors (Lipinski definition) is 0. The van der Waals surface area contributed by atoms with Crippen molar-refractivity contribution in [3.05, 3.63) is 47.5 Å². The van der Waals surface area contributed by atoms with Crippen molar-refractivity contribution < 1.29 is 23.6 Å². The third-order valence-corrected chi connectivity index (χ3v) is 7.42. The number of methoxy groups -OCH3 is 3. The molecule has 0 spiro atoms. The van der Waals surface area contributed by atoms with Crippen LogP contribution in [0.15, 0.2) is 36.4 Å². The van der Waals surface area contributed by atoms with Gasteiger partial charge >= 0.3 is 0 Å². The van der Waals surface area contributed by atoms with Crippen LogP contribution >= 0.6 is 7.80 Å². The molecule has 0 saturated heterocycles. The summed E-state index contributed by atoms with van der Waals surface area (Å²) < 4.78 is 29.5. The molecule has 0 bridgehead atoms. The van der Waals surface area contributed by atoms with Crippen molar-refractivity contribution in [2.75, 3.05) is 27.5 Å². The van der Waals surface area contributed by atoms with E-state index in [-0.39, 0.29) is 5.78 Å². The van der Waals surface area contributed by atoms with Gasteiger partial charge in [-0.3, -0.25) is 4.79 Å². The summed E-state index contributed by atoms with van der Waals surface area (Å²) in [5, 5.41) is 0.627. The molecule has 2 rings (SSSR count). The van der Waals surface area contributed by atoms with E-state index in [1.807, 2.05) is 12.1 Å². The molecule has 2 atom stereocenters. The Hall–Kier alpha value is -2.26. The molecule has 0 N–H and O–H groups in total. The van der Waals surface area contributed by atoms with Crippen molar-refractivity contribution in [1.82, 2.24) is 0 Å². The highest BCUT2D eigenvalue weighted by Crippen LogP contribution is 2.37. The van der Waals surface area contributed by atoms with Gasteiger partial charge in [0.1, 0.15) is 30.6 Å². The van der Waals surface area contributed by atoms with Crippen molar-refractivity contribution >= 4 is 18.9 Å². The molecule has 0 aliphatic heterocycles. The number of carbonyl (C=O) groups is 1. The van der Waals surface area contributed by atoms with Crippen LogP contribution in [-0.2, 0) is 4.57 Å². The lowest BCUT2D eigenvalue weighted by atomic mass is 10.0. The normalized spacial score (nSPS) is 12.8. The minimum absolute atomic E-state index is 0.262. The zero-order valence-electron chi connectivity index (χ0n) is 18.6. The van der Waals surface area contributed by atoms with E-state index in [4.69, 9.17) is 14.2 Å². The van der Waals surface area contributed by atoms with E-state index in [0.29, 0.717) is 45.8 Å². The van der Waals surface area contributed by atoms with Crippen LogP contribution in [0.1, 0.15) is 55.5 Å². The Bertz CT molecular complexity index is 853. The number of benzene rings is 2. The van der Waals surface area contributed by atoms with E-state index in [1.54, 1.807) is 31.4 Å². The van der Waals surface area contributed by atoms with Gasteiger partial charge in [0.2, 0.25) is 5.78 Å². The van der Waals surface area contributed by atoms with Gasteiger partial charge in [-0.25, -0.2) is 0 Å². The molecule has 0 aliphatic rings. The number of ketones is 1. The highest BCUT2D eigenvalue weighted by molar-refractivity contribution is 7.53. The predicted octanol–water partition coefficient (Wildman–Crippen LogP) is 5.34. The summed E-state index contributed by atoms with van der Waals surface area (Å²) in [7, 11) is 2.42. The van der Waals surface area contributed by atoms with Crippen LogP contribution in [-0.4, -0.2) is 33.3 Å². The van der Waals surface area contributed by atoms with E-state index in [9.17, 15) is 9.36 Å². The topological polar surface area (TPSA) is 61.8 Å². The van der Waals surface area contributed by atoms with Crippen LogP contribution in [0, 0.1) is 5.92 Å². The fourth-order valence-corrected chi connectivity index (χ4v) is 5.62. The zero-order valence-corrected chi connectivity index (χ0v) is 19.6. The monoisotopic (exact) mass is 432 g/mol. The van der Waals surface area contributed by atoms with Gasteiger partial charge in [0.05, 0.1) is 21.3 Å². The number of ether oxygens (including phenoxy) is 3. The Kier molecular flexibility index (Phi) is 9.45. The van der Waals surface area contributed by atoms with Crippen LogP contribution in [0.4, 0.5) is 0 Å². The largest absolute Gasteiger partial charge is 0.496 e. The number of unbranched alkanes of at least 4 members (excludes halogenated alkanes) is 1. The first-order chi connectivity index (χ1) is 14.5. The second-order valence-electron chi connectivity index (χ2n) is 7.33. The van der Waals surface area contributed by atoms with Gasteiger partial charge in [-0.2, -0.15) is 0 Å².